The molecule has 13 heavy (non-hydrogen) atoms. The number of carbonyl (C=O) groups excluding carboxylic acids is 1. The molecule has 0 spiro atoms. The molecule has 0 aromatic carbocycles. The molecule has 0 saturated carbocycles. The number of nitrogens with one attached hydrogen (secondary N) is 1. The van der Waals surface area contributed by atoms with Gasteiger partial charge in [0.05, 0.1) is 6.04 Å². The third-order valence-electron chi connectivity index (χ3n) is 2.21. The lowest BCUT2D eigenvalue weighted by molar-refractivity contribution is -0.119. The predicted molar refractivity (Wildman–Crippen MR) is 47.7 cm³/mol. The summed E-state index contributed by atoms with van der Waals surface area (Å²) in [5.74, 6) is 0.0151. The summed E-state index contributed by atoms with van der Waals surface area (Å²) in [6.45, 7) is 0. The number of nitrogens with zero attached hydrogens (tertiary/aromatic N) is 1. The Kier molecular flexibility index (Phi) is 1.98. The van der Waals surface area contributed by atoms with Crippen molar-refractivity contribution in [3.63, 3.8) is 0 Å². The molecule has 2 atom stereocenters. The molecule has 68 valence electrons. The topological polar surface area (TPSA) is 68.0 Å². The molecular formula is C9H11N3O. The van der Waals surface area contributed by atoms with Gasteiger partial charge in [-0.25, -0.2) is 0 Å². The zero-order valence-electron chi connectivity index (χ0n) is 7.10. The van der Waals surface area contributed by atoms with E-state index in [1.807, 2.05) is 12.1 Å². The van der Waals surface area contributed by atoms with E-state index in [0.717, 1.165) is 5.56 Å². The van der Waals surface area contributed by atoms with E-state index in [1.54, 1.807) is 12.4 Å². The van der Waals surface area contributed by atoms with Crippen LogP contribution in [-0.2, 0) is 4.79 Å². The lowest BCUT2D eigenvalue weighted by atomic mass is 10.0. The largest absolute Gasteiger partial charge is 0.348 e. The van der Waals surface area contributed by atoms with Crippen molar-refractivity contribution in [2.24, 2.45) is 5.73 Å². The molecule has 1 saturated heterocycles. The molecule has 2 rings (SSSR count). The number of nitrogens with two attached hydrogens (primary N) is 1. The van der Waals surface area contributed by atoms with Crippen LogP contribution in [0.4, 0.5) is 0 Å². The van der Waals surface area contributed by atoms with E-state index >= 15 is 0 Å². The highest BCUT2D eigenvalue weighted by Gasteiger charge is 2.30. The van der Waals surface area contributed by atoms with Gasteiger partial charge in [0, 0.05) is 24.9 Å². The second kappa shape index (κ2) is 3.14. The quantitative estimate of drug-likeness (QED) is 0.633. The fourth-order valence-corrected chi connectivity index (χ4v) is 1.56. The van der Waals surface area contributed by atoms with Crippen molar-refractivity contribution in [1.82, 2.24) is 10.3 Å². The van der Waals surface area contributed by atoms with Gasteiger partial charge in [0.2, 0.25) is 5.91 Å². The van der Waals surface area contributed by atoms with Crippen LogP contribution in [0.15, 0.2) is 24.5 Å². The van der Waals surface area contributed by atoms with E-state index in [4.69, 9.17) is 5.73 Å². The SMILES string of the molecule is NC1CC(=O)NC1c1cccnc1. The highest BCUT2D eigenvalue weighted by molar-refractivity contribution is 5.80. The van der Waals surface area contributed by atoms with Gasteiger partial charge in [-0.2, -0.15) is 0 Å². The number of aromatic nitrogens is 1. The normalized spacial score (nSPS) is 27.3. The molecule has 1 aromatic rings. The second-order valence-corrected chi connectivity index (χ2v) is 3.20. The second-order valence-electron chi connectivity index (χ2n) is 3.20. The van der Waals surface area contributed by atoms with Gasteiger partial charge in [0.15, 0.2) is 0 Å². The Hall–Kier alpha value is -1.42. The van der Waals surface area contributed by atoms with Crippen molar-refractivity contribution in [2.75, 3.05) is 0 Å². The highest BCUT2D eigenvalue weighted by Crippen LogP contribution is 2.21. The third-order valence-corrected chi connectivity index (χ3v) is 2.21. The summed E-state index contributed by atoms with van der Waals surface area (Å²) in [4.78, 5) is 15.0. The van der Waals surface area contributed by atoms with Crippen molar-refractivity contribution < 1.29 is 4.79 Å². The summed E-state index contributed by atoms with van der Waals surface area (Å²) < 4.78 is 0. The molecule has 0 radical (unpaired) electrons. The van der Waals surface area contributed by atoms with Crippen molar-refractivity contribution in [1.29, 1.82) is 0 Å². The van der Waals surface area contributed by atoms with Gasteiger partial charge in [-0.05, 0) is 11.6 Å². The van der Waals surface area contributed by atoms with Crippen molar-refractivity contribution >= 4 is 5.91 Å². The van der Waals surface area contributed by atoms with Crippen LogP contribution < -0.4 is 11.1 Å². The number of rotatable bonds is 1. The van der Waals surface area contributed by atoms with Gasteiger partial charge < -0.3 is 11.1 Å². The van der Waals surface area contributed by atoms with E-state index < -0.39 is 0 Å². The van der Waals surface area contributed by atoms with Crippen molar-refractivity contribution in [2.45, 2.75) is 18.5 Å². The van der Waals surface area contributed by atoms with Gasteiger partial charge in [0.25, 0.3) is 0 Å². The Morgan fingerprint density at radius 1 is 1.62 bits per heavy atom. The van der Waals surface area contributed by atoms with Crippen molar-refractivity contribution in [3.8, 4) is 0 Å². The minimum atomic E-state index is -0.128. The molecule has 2 unspecified atom stereocenters. The summed E-state index contributed by atoms with van der Waals surface area (Å²) in [7, 11) is 0. The molecule has 0 aliphatic carbocycles. The Bertz CT molecular complexity index is 312. The van der Waals surface area contributed by atoms with Crippen LogP contribution in [0, 0.1) is 0 Å². The van der Waals surface area contributed by atoms with Crippen LogP contribution in [0.1, 0.15) is 18.0 Å². The Balaban J connectivity index is 2.23. The molecule has 1 fully saturated rings. The lowest BCUT2D eigenvalue weighted by Crippen LogP contribution is -2.28. The molecule has 2 heterocycles. The van der Waals surface area contributed by atoms with Crippen LogP contribution in [0.5, 0.6) is 0 Å². The number of pyridine rings is 1. The lowest BCUT2D eigenvalue weighted by Gasteiger charge is -2.14. The molecular weight excluding hydrogens is 166 g/mol. The van der Waals surface area contributed by atoms with E-state index in [2.05, 4.69) is 10.3 Å². The number of hydrogen-bond donors (Lipinski definition) is 2. The number of amides is 1. The molecule has 4 heteroatoms. The Morgan fingerprint density at radius 2 is 2.46 bits per heavy atom. The zero-order valence-corrected chi connectivity index (χ0v) is 7.10. The standard InChI is InChI=1S/C9H11N3O/c10-7-4-8(13)12-9(7)6-2-1-3-11-5-6/h1-3,5,7,9H,4,10H2,(H,12,13). The number of carbonyl (C=O) groups is 1. The molecule has 4 nitrogen and oxygen atoms in total. The van der Waals surface area contributed by atoms with Crippen LogP contribution >= 0.6 is 0 Å². The van der Waals surface area contributed by atoms with Crippen LogP contribution in [-0.4, -0.2) is 16.9 Å². The minimum Gasteiger partial charge on any atom is -0.348 e. The first-order valence-electron chi connectivity index (χ1n) is 4.22. The first-order valence-corrected chi connectivity index (χ1v) is 4.22. The zero-order chi connectivity index (χ0) is 9.26. The number of hydrogen-bond acceptors (Lipinski definition) is 3. The van der Waals surface area contributed by atoms with Crippen molar-refractivity contribution in [3.05, 3.63) is 30.1 Å². The van der Waals surface area contributed by atoms with Gasteiger partial charge in [-0.1, -0.05) is 6.07 Å². The summed E-state index contributed by atoms with van der Waals surface area (Å²) >= 11 is 0. The van der Waals surface area contributed by atoms with E-state index in [0.29, 0.717) is 6.42 Å². The molecule has 1 aliphatic rings. The third kappa shape index (κ3) is 1.53. The van der Waals surface area contributed by atoms with Gasteiger partial charge >= 0.3 is 0 Å². The molecule has 0 bridgehead atoms. The molecule has 3 N–H and O–H groups in total. The first-order chi connectivity index (χ1) is 6.27. The van der Waals surface area contributed by atoms with E-state index in [9.17, 15) is 4.79 Å². The maximum absolute atomic E-state index is 11.0. The maximum atomic E-state index is 11.0. The van der Waals surface area contributed by atoms with Gasteiger partial charge in [-0.15, -0.1) is 0 Å². The summed E-state index contributed by atoms with van der Waals surface area (Å²) in [5.41, 5.74) is 6.76. The highest BCUT2D eigenvalue weighted by atomic mass is 16.2. The first kappa shape index (κ1) is 8.19. The van der Waals surface area contributed by atoms with Crippen LogP contribution in [0.2, 0.25) is 0 Å². The van der Waals surface area contributed by atoms with Gasteiger partial charge in [-0.3, -0.25) is 9.78 Å². The van der Waals surface area contributed by atoms with E-state index in [1.165, 1.54) is 0 Å². The Labute approximate surface area is 76.2 Å². The average molecular weight is 177 g/mol. The average Bonchev–Trinajstić information content (AvgIpc) is 2.47. The molecule has 1 aromatic heterocycles. The van der Waals surface area contributed by atoms with Gasteiger partial charge in [0.1, 0.15) is 0 Å². The maximum Gasteiger partial charge on any atom is 0.222 e. The fourth-order valence-electron chi connectivity index (χ4n) is 1.56. The molecule has 1 aliphatic heterocycles. The predicted octanol–water partition coefficient (Wildman–Crippen LogP) is -0.0301. The molecule has 1 amide bonds. The minimum absolute atomic E-state index is 0.0151. The van der Waals surface area contributed by atoms with Crippen LogP contribution in [0.25, 0.3) is 0 Å². The summed E-state index contributed by atoms with van der Waals surface area (Å²) in [5, 5.41) is 2.82. The summed E-state index contributed by atoms with van der Waals surface area (Å²) in [6, 6.07) is 3.56. The smallest absolute Gasteiger partial charge is 0.222 e. The monoisotopic (exact) mass is 177 g/mol. The Morgan fingerprint density at radius 3 is 3.00 bits per heavy atom. The fraction of sp³-hybridized carbons (Fsp3) is 0.333. The summed E-state index contributed by atoms with van der Waals surface area (Å²) in [6.07, 6.45) is 3.83. The van der Waals surface area contributed by atoms with E-state index in [-0.39, 0.29) is 18.0 Å². The van der Waals surface area contributed by atoms with Crippen LogP contribution in [0.3, 0.4) is 0 Å².